The van der Waals surface area contributed by atoms with Crippen molar-refractivity contribution in [2.75, 3.05) is 25.9 Å². The number of benzene rings is 1. The van der Waals surface area contributed by atoms with Crippen molar-refractivity contribution in [1.29, 1.82) is 0 Å². The Morgan fingerprint density at radius 2 is 1.94 bits per heavy atom. The number of nitrogens with zero attached hydrogens (tertiary/aromatic N) is 1. The summed E-state index contributed by atoms with van der Waals surface area (Å²) in [5.41, 5.74) is 7.97. The number of unbranched alkanes of at least 4 members (excludes halogenated alkanes) is 1. The minimum absolute atomic E-state index is 0.872. The summed E-state index contributed by atoms with van der Waals surface area (Å²) in [5.74, 6) is 0. The number of hydrogen-bond donors (Lipinski definition) is 1. The zero-order valence-electron chi connectivity index (χ0n) is 10.6. The van der Waals surface area contributed by atoms with Gasteiger partial charge in [-0.25, -0.2) is 0 Å². The lowest BCUT2D eigenvalue weighted by Crippen LogP contribution is -2.21. The summed E-state index contributed by atoms with van der Waals surface area (Å²) in [6.45, 7) is 4.63. The molecule has 0 unspecified atom stereocenters. The molecule has 0 saturated heterocycles. The van der Waals surface area contributed by atoms with E-state index >= 15 is 0 Å². The van der Waals surface area contributed by atoms with Crippen molar-refractivity contribution in [3.63, 3.8) is 0 Å². The molecule has 2 N–H and O–H groups in total. The third-order valence-electron chi connectivity index (χ3n) is 2.85. The molecule has 0 heterocycles. The lowest BCUT2D eigenvalue weighted by molar-refractivity contribution is 0.324. The molecule has 0 atom stereocenters. The SMILES string of the molecule is CCCCN(C)CCCc1cccc(N)c1. The quantitative estimate of drug-likeness (QED) is 0.716. The standard InChI is InChI=1S/C14H24N2/c1-3-4-10-16(2)11-6-8-13-7-5-9-14(15)12-13/h5,7,9,12H,3-4,6,8,10-11,15H2,1-2H3. The van der Waals surface area contributed by atoms with Crippen molar-refractivity contribution in [1.82, 2.24) is 4.90 Å². The first-order valence-electron chi connectivity index (χ1n) is 6.25. The summed E-state index contributed by atoms with van der Waals surface area (Å²) in [6, 6.07) is 8.21. The van der Waals surface area contributed by atoms with E-state index < -0.39 is 0 Å². The molecule has 2 heteroatoms. The summed E-state index contributed by atoms with van der Waals surface area (Å²) in [4.78, 5) is 2.41. The molecule has 0 aromatic heterocycles. The maximum atomic E-state index is 5.75. The van der Waals surface area contributed by atoms with Gasteiger partial charge in [-0.1, -0.05) is 25.5 Å². The second-order valence-corrected chi connectivity index (χ2v) is 4.51. The molecule has 2 nitrogen and oxygen atoms in total. The van der Waals surface area contributed by atoms with Gasteiger partial charge in [0, 0.05) is 5.69 Å². The van der Waals surface area contributed by atoms with Gasteiger partial charge in [0.25, 0.3) is 0 Å². The molecular formula is C14H24N2. The Kier molecular flexibility index (Phi) is 5.94. The van der Waals surface area contributed by atoms with Gasteiger partial charge in [0.05, 0.1) is 0 Å². The number of anilines is 1. The van der Waals surface area contributed by atoms with Crippen LogP contribution in [0.15, 0.2) is 24.3 Å². The van der Waals surface area contributed by atoms with Crippen molar-refractivity contribution in [2.45, 2.75) is 32.6 Å². The van der Waals surface area contributed by atoms with Crippen molar-refractivity contribution in [2.24, 2.45) is 0 Å². The highest BCUT2D eigenvalue weighted by Crippen LogP contribution is 2.09. The van der Waals surface area contributed by atoms with E-state index in [-0.39, 0.29) is 0 Å². The normalized spacial score (nSPS) is 10.9. The summed E-state index contributed by atoms with van der Waals surface area (Å²) < 4.78 is 0. The number of nitrogens with two attached hydrogens (primary N) is 1. The number of rotatable bonds is 7. The maximum Gasteiger partial charge on any atom is 0.0316 e. The minimum Gasteiger partial charge on any atom is -0.399 e. The molecule has 0 spiro atoms. The molecule has 1 aromatic carbocycles. The second-order valence-electron chi connectivity index (χ2n) is 4.51. The van der Waals surface area contributed by atoms with Crippen molar-refractivity contribution in [3.8, 4) is 0 Å². The Morgan fingerprint density at radius 3 is 2.62 bits per heavy atom. The predicted octanol–water partition coefficient (Wildman–Crippen LogP) is 2.93. The molecule has 1 rings (SSSR count). The smallest absolute Gasteiger partial charge is 0.0316 e. The molecule has 90 valence electrons. The lowest BCUT2D eigenvalue weighted by atomic mass is 10.1. The van der Waals surface area contributed by atoms with Crippen LogP contribution < -0.4 is 5.73 Å². The van der Waals surface area contributed by atoms with E-state index in [0.29, 0.717) is 0 Å². The van der Waals surface area contributed by atoms with Crippen molar-refractivity contribution in [3.05, 3.63) is 29.8 Å². The monoisotopic (exact) mass is 220 g/mol. The van der Waals surface area contributed by atoms with Gasteiger partial charge in [0.2, 0.25) is 0 Å². The molecular weight excluding hydrogens is 196 g/mol. The molecule has 0 amide bonds. The molecule has 0 fully saturated rings. The third-order valence-corrected chi connectivity index (χ3v) is 2.85. The summed E-state index contributed by atoms with van der Waals surface area (Å²) in [7, 11) is 2.20. The lowest BCUT2D eigenvalue weighted by Gasteiger charge is -2.15. The Bertz CT molecular complexity index is 297. The first-order chi connectivity index (χ1) is 7.72. The van der Waals surface area contributed by atoms with Gasteiger partial charge in [-0.05, 0) is 57.1 Å². The van der Waals surface area contributed by atoms with Gasteiger partial charge >= 0.3 is 0 Å². The largest absolute Gasteiger partial charge is 0.399 e. The van der Waals surface area contributed by atoms with Crippen molar-refractivity contribution >= 4 is 5.69 Å². The number of nitrogen functional groups attached to an aromatic ring is 1. The van der Waals surface area contributed by atoms with E-state index in [2.05, 4.69) is 31.0 Å². The zero-order chi connectivity index (χ0) is 11.8. The van der Waals surface area contributed by atoms with Crippen LogP contribution >= 0.6 is 0 Å². The van der Waals surface area contributed by atoms with Crippen LogP contribution in [0.5, 0.6) is 0 Å². The third kappa shape index (κ3) is 5.17. The Balaban J connectivity index is 2.20. The Morgan fingerprint density at radius 1 is 1.19 bits per heavy atom. The van der Waals surface area contributed by atoms with Crippen LogP contribution in [0.4, 0.5) is 5.69 Å². The van der Waals surface area contributed by atoms with Crippen molar-refractivity contribution < 1.29 is 0 Å². The van der Waals surface area contributed by atoms with Gasteiger partial charge in [-0.2, -0.15) is 0 Å². The maximum absolute atomic E-state index is 5.75. The highest BCUT2D eigenvalue weighted by Gasteiger charge is 1.98. The molecule has 0 aliphatic carbocycles. The average Bonchev–Trinajstić information content (AvgIpc) is 2.26. The average molecular weight is 220 g/mol. The molecule has 1 aromatic rings. The summed E-state index contributed by atoms with van der Waals surface area (Å²) >= 11 is 0. The predicted molar refractivity (Wildman–Crippen MR) is 71.6 cm³/mol. The van der Waals surface area contributed by atoms with Gasteiger partial charge < -0.3 is 10.6 Å². The molecule has 0 saturated carbocycles. The van der Waals surface area contributed by atoms with E-state index in [1.54, 1.807) is 0 Å². The van der Waals surface area contributed by atoms with Crippen LogP contribution in [-0.2, 0) is 6.42 Å². The van der Waals surface area contributed by atoms with E-state index in [0.717, 1.165) is 12.1 Å². The Labute approximate surface area is 99.5 Å². The van der Waals surface area contributed by atoms with E-state index in [9.17, 15) is 0 Å². The van der Waals surface area contributed by atoms with Crippen LogP contribution in [0.25, 0.3) is 0 Å². The van der Waals surface area contributed by atoms with Gasteiger partial charge in [0.15, 0.2) is 0 Å². The van der Waals surface area contributed by atoms with Crippen LogP contribution in [0.2, 0.25) is 0 Å². The first-order valence-corrected chi connectivity index (χ1v) is 6.25. The topological polar surface area (TPSA) is 29.3 Å². The molecule has 16 heavy (non-hydrogen) atoms. The van der Waals surface area contributed by atoms with Gasteiger partial charge in [-0.3, -0.25) is 0 Å². The van der Waals surface area contributed by atoms with Gasteiger partial charge in [-0.15, -0.1) is 0 Å². The van der Waals surface area contributed by atoms with Crippen LogP contribution in [0, 0.1) is 0 Å². The van der Waals surface area contributed by atoms with Crippen LogP contribution in [0.3, 0.4) is 0 Å². The number of hydrogen-bond acceptors (Lipinski definition) is 2. The number of aryl methyl sites for hydroxylation is 1. The second kappa shape index (κ2) is 7.29. The van der Waals surface area contributed by atoms with E-state index in [4.69, 9.17) is 5.73 Å². The summed E-state index contributed by atoms with van der Waals surface area (Å²) in [6.07, 6.45) is 4.92. The Hall–Kier alpha value is -1.02. The fourth-order valence-corrected chi connectivity index (χ4v) is 1.84. The molecule has 0 radical (unpaired) electrons. The van der Waals surface area contributed by atoms with E-state index in [1.807, 2.05) is 12.1 Å². The minimum atomic E-state index is 0.872. The molecule has 0 aliphatic rings. The van der Waals surface area contributed by atoms with E-state index in [1.165, 1.54) is 37.9 Å². The highest BCUT2D eigenvalue weighted by atomic mass is 15.1. The first kappa shape index (κ1) is 13.0. The van der Waals surface area contributed by atoms with Crippen LogP contribution in [-0.4, -0.2) is 25.0 Å². The van der Waals surface area contributed by atoms with Crippen LogP contribution in [0.1, 0.15) is 31.7 Å². The fourth-order valence-electron chi connectivity index (χ4n) is 1.84. The highest BCUT2D eigenvalue weighted by molar-refractivity contribution is 5.40. The molecule has 0 bridgehead atoms. The van der Waals surface area contributed by atoms with Gasteiger partial charge in [0.1, 0.15) is 0 Å². The molecule has 0 aliphatic heterocycles. The zero-order valence-corrected chi connectivity index (χ0v) is 10.6. The fraction of sp³-hybridized carbons (Fsp3) is 0.571. The summed E-state index contributed by atoms with van der Waals surface area (Å²) in [5, 5.41) is 0.